The second-order valence-corrected chi connectivity index (χ2v) is 5.23. The van der Waals surface area contributed by atoms with E-state index in [2.05, 4.69) is 33.0 Å². The van der Waals surface area contributed by atoms with Crippen LogP contribution in [0.1, 0.15) is 59.8 Å². The number of hydrogen-bond acceptors (Lipinski definition) is 1. The van der Waals surface area contributed by atoms with Crippen LogP contribution < -0.4 is 5.32 Å². The first-order valence-electron chi connectivity index (χ1n) is 6.41. The van der Waals surface area contributed by atoms with Crippen molar-refractivity contribution in [2.75, 3.05) is 0 Å². The van der Waals surface area contributed by atoms with Crippen LogP contribution in [0.4, 0.5) is 0 Å². The van der Waals surface area contributed by atoms with Crippen molar-refractivity contribution >= 4 is 0 Å². The molecule has 0 aromatic heterocycles. The maximum absolute atomic E-state index is 3.80. The predicted molar refractivity (Wildman–Crippen MR) is 63.5 cm³/mol. The molecular weight excluding hydrogens is 170 g/mol. The summed E-state index contributed by atoms with van der Waals surface area (Å²) in [6, 6.07) is 1.48. The van der Waals surface area contributed by atoms with Gasteiger partial charge in [-0.05, 0) is 31.6 Å². The Hall–Kier alpha value is -0.0400. The fraction of sp³-hybridized carbons (Fsp3) is 1.00. The number of hydrogen-bond donors (Lipinski definition) is 1. The Morgan fingerprint density at radius 2 is 2.00 bits per heavy atom. The zero-order valence-electron chi connectivity index (χ0n) is 10.3. The molecule has 0 saturated heterocycles. The van der Waals surface area contributed by atoms with E-state index in [1.807, 2.05) is 0 Å². The van der Waals surface area contributed by atoms with Gasteiger partial charge in [0.1, 0.15) is 0 Å². The van der Waals surface area contributed by atoms with Crippen molar-refractivity contribution in [2.45, 2.75) is 71.9 Å². The second-order valence-electron chi connectivity index (χ2n) is 5.23. The third-order valence-corrected chi connectivity index (χ3v) is 3.93. The zero-order valence-corrected chi connectivity index (χ0v) is 10.3. The van der Waals surface area contributed by atoms with Gasteiger partial charge >= 0.3 is 0 Å². The molecule has 14 heavy (non-hydrogen) atoms. The standard InChI is InChI=1S/C13H27N/c1-5-7-11(3)14-13-9-6-8-10(2)12(13)4/h10-14H,5-9H2,1-4H3/t10-,11+,12-,13+/m0/s1. The number of nitrogens with one attached hydrogen (secondary N) is 1. The van der Waals surface area contributed by atoms with E-state index >= 15 is 0 Å². The van der Waals surface area contributed by atoms with E-state index in [4.69, 9.17) is 0 Å². The summed E-state index contributed by atoms with van der Waals surface area (Å²) in [6.45, 7) is 9.42. The summed E-state index contributed by atoms with van der Waals surface area (Å²) < 4.78 is 0. The SMILES string of the molecule is CCC[C@@H](C)N[C@@H]1CCC[C@H](C)[C@@H]1C. The second kappa shape index (κ2) is 5.75. The van der Waals surface area contributed by atoms with Crippen LogP contribution in [0.25, 0.3) is 0 Å². The normalized spacial score (nSPS) is 35.6. The summed E-state index contributed by atoms with van der Waals surface area (Å²) in [6.07, 6.45) is 6.85. The Morgan fingerprint density at radius 1 is 1.29 bits per heavy atom. The van der Waals surface area contributed by atoms with Gasteiger partial charge in [-0.25, -0.2) is 0 Å². The topological polar surface area (TPSA) is 12.0 Å². The highest BCUT2D eigenvalue weighted by Gasteiger charge is 2.27. The lowest BCUT2D eigenvalue weighted by Gasteiger charge is -2.36. The lowest BCUT2D eigenvalue weighted by atomic mass is 9.78. The molecule has 0 amide bonds. The van der Waals surface area contributed by atoms with Gasteiger partial charge in [0.05, 0.1) is 0 Å². The summed E-state index contributed by atoms with van der Waals surface area (Å²) >= 11 is 0. The van der Waals surface area contributed by atoms with Crippen molar-refractivity contribution in [1.29, 1.82) is 0 Å². The van der Waals surface area contributed by atoms with Crippen LogP contribution >= 0.6 is 0 Å². The molecular formula is C13H27N. The van der Waals surface area contributed by atoms with E-state index in [1.165, 1.54) is 32.1 Å². The fourth-order valence-corrected chi connectivity index (χ4v) is 2.70. The van der Waals surface area contributed by atoms with Gasteiger partial charge in [0.25, 0.3) is 0 Å². The minimum atomic E-state index is 0.706. The van der Waals surface area contributed by atoms with E-state index in [-0.39, 0.29) is 0 Å². The van der Waals surface area contributed by atoms with Crippen molar-refractivity contribution in [3.63, 3.8) is 0 Å². The van der Waals surface area contributed by atoms with E-state index in [1.54, 1.807) is 0 Å². The molecule has 1 aliphatic carbocycles. The number of rotatable bonds is 4. The molecule has 1 nitrogen and oxygen atoms in total. The molecule has 1 saturated carbocycles. The maximum atomic E-state index is 3.80. The Kier molecular flexibility index (Phi) is 4.94. The van der Waals surface area contributed by atoms with Crippen LogP contribution in [0.5, 0.6) is 0 Å². The van der Waals surface area contributed by atoms with Gasteiger partial charge in [-0.3, -0.25) is 0 Å². The molecule has 0 radical (unpaired) electrons. The van der Waals surface area contributed by atoms with Crippen LogP contribution in [-0.4, -0.2) is 12.1 Å². The molecule has 0 aliphatic heterocycles. The van der Waals surface area contributed by atoms with Gasteiger partial charge < -0.3 is 5.32 Å². The van der Waals surface area contributed by atoms with Crippen LogP contribution in [0, 0.1) is 11.8 Å². The highest BCUT2D eigenvalue weighted by molar-refractivity contribution is 4.83. The van der Waals surface area contributed by atoms with Crippen LogP contribution in [0.15, 0.2) is 0 Å². The van der Waals surface area contributed by atoms with Gasteiger partial charge in [-0.15, -0.1) is 0 Å². The first kappa shape index (κ1) is 12.0. The largest absolute Gasteiger partial charge is 0.311 e. The molecule has 0 unspecified atom stereocenters. The van der Waals surface area contributed by atoms with Crippen LogP contribution in [-0.2, 0) is 0 Å². The Bertz CT molecular complexity index is 155. The summed E-state index contributed by atoms with van der Waals surface area (Å²) in [5.74, 6) is 1.78. The van der Waals surface area contributed by atoms with E-state index in [9.17, 15) is 0 Å². The maximum Gasteiger partial charge on any atom is 0.00977 e. The molecule has 1 heteroatoms. The third-order valence-electron chi connectivity index (χ3n) is 3.93. The molecule has 1 fully saturated rings. The molecule has 0 spiro atoms. The van der Waals surface area contributed by atoms with Gasteiger partial charge in [0.15, 0.2) is 0 Å². The first-order valence-corrected chi connectivity index (χ1v) is 6.41. The Balaban J connectivity index is 2.35. The molecule has 0 bridgehead atoms. The lowest BCUT2D eigenvalue weighted by molar-refractivity contribution is 0.194. The van der Waals surface area contributed by atoms with Crippen molar-refractivity contribution < 1.29 is 0 Å². The van der Waals surface area contributed by atoms with Gasteiger partial charge in [0.2, 0.25) is 0 Å². The smallest absolute Gasteiger partial charge is 0.00977 e. The third kappa shape index (κ3) is 3.27. The average molecular weight is 197 g/mol. The van der Waals surface area contributed by atoms with Crippen LogP contribution in [0.3, 0.4) is 0 Å². The highest BCUT2D eigenvalue weighted by Crippen LogP contribution is 2.29. The quantitative estimate of drug-likeness (QED) is 0.726. The first-order chi connectivity index (χ1) is 6.65. The van der Waals surface area contributed by atoms with Gasteiger partial charge in [-0.1, -0.05) is 40.0 Å². The fourth-order valence-electron chi connectivity index (χ4n) is 2.70. The predicted octanol–water partition coefficient (Wildman–Crippen LogP) is 3.59. The molecule has 4 atom stereocenters. The van der Waals surface area contributed by atoms with Crippen molar-refractivity contribution in [2.24, 2.45) is 11.8 Å². The Morgan fingerprint density at radius 3 is 2.64 bits per heavy atom. The zero-order chi connectivity index (χ0) is 10.6. The highest BCUT2D eigenvalue weighted by atomic mass is 15.0. The monoisotopic (exact) mass is 197 g/mol. The Labute approximate surface area is 89.7 Å². The van der Waals surface area contributed by atoms with Crippen molar-refractivity contribution in [3.05, 3.63) is 0 Å². The molecule has 1 N–H and O–H groups in total. The van der Waals surface area contributed by atoms with E-state index < -0.39 is 0 Å². The summed E-state index contributed by atoms with van der Waals surface area (Å²) in [4.78, 5) is 0. The minimum absolute atomic E-state index is 0.706. The van der Waals surface area contributed by atoms with Crippen LogP contribution in [0.2, 0.25) is 0 Å². The molecule has 0 aromatic carbocycles. The average Bonchev–Trinajstić information content (AvgIpc) is 2.13. The summed E-state index contributed by atoms with van der Waals surface area (Å²) in [7, 11) is 0. The van der Waals surface area contributed by atoms with Crippen molar-refractivity contribution in [3.8, 4) is 0 Å². The van der Waals surface area contributed by atoms with Gasteiger partial charge in [-0.2, -0.15) is 0 Å². The lowest BCUT2D eigenvalue weighted by Crippen LogP contribution is -2.44. The molecule has 84 valence electrons. The van der Waals surface area contributed by atoms with Gasteiger partial charge in [0, 0.05) is 12.1 Å². The van der Waals surface area contributed by atoms with Crippen molar-refractivity contribution in [1.82, 2.24) is 5.32 Å². The van der Waals surface area contributed by atoms with E-state index in [0.29, 0.717) is 6.04 Å². The molecule has 1 aliphatic rings. The molecule has 1 rings (SSSR count). The minimum Gasteiger partial charge on any atom is -0.311 e. The summed E-state index contributed by atoms with van der Waals surface area (Å²) in [5, 5.41) is 3.80. The molecule has 0 heterocycles. The van der Waals surface area contributed by atoms with E-state index in [0.717, 1.165) is 17.9 Å². The molecule has 0 aromatic rings. The summed E-state index contributed by atoms with van der Waals surface area (Å²) in [5.41, 5.74) is 0.